The lowest BCUT2D eigenvalue weighted by molar-refractivity contribution is -0.147. The highest BCUT2D eigenvalue weighted by atomic mass is 16.5. The smallest absolute Gasteiger partial charge is 0.306 e. The van der Waals surface area contributed by atoms with E-state index in [4.69, 9.17) is 9.47 Å². The molecule has 7 heteroatoms. The Morgan fingerprint density at radius 2 is 1.50 bits per heavy atom. The van der Waals surface area contributed by atoms with Crippen LogP contribution in [0.15, 0.2) is 48.5 Å². The van der Waals surface area contributed by atoms with E-state index in [9.17, 15) is 14.4 Å². The van der Waals surface area contributed by atoms with Gasteiger partial charge in [-0.15, -0.1) is 0 Å². The summed E-state index contributed by atoms with van der Waals surface area (Å²) in [6, 6.07) is 13.5. The number of anilines is 2. The Morgan fingerprint density at radius 1 is 0.900 bits per heavy atom. The Morgan fingerprint density at radius 3 is 2.10 bits per heavy atom. The lowest BCUT2D eigenvalue weighted by Gasteiger charge is -2.09. The third-order valence-electron chi connectivity index (χ3n) is 4.14. The van der Waals surface area contributed by atoms with Crippen LogP contribution in [0.25, 0.3) is 0 Å². The number of esters is 1. The van der Waals surface area contributed by atoms with Crippen LogP contribution in [0.1, 0.15) is 44.0 Å². The first kappa shape index (κ1) is 22.9. The molecule has 2 aromatic carbocycles. The molecule has 30 heavy (non-hydrogen) atoms. The predicted octanol–water partition coefficient (Wildman–Crippen LogP) is 4.26. The second-order valence-electron chi connectivity index (χ2n) is 7.13. The Labute approximate surface area is 176 Å². The number of rotatable bonds is 10. The standard InChI is InChI=1S/C23H28N2O5/c1-4-29-20-12-10-19(11-13-20)25-23(28)17-6-8-18(9-7-17)24-21(26)15-30-22(27)14-5-16(2)3/h6-13,16H,4-5,14-15H2,1-3H3,(H,24,26)(H,25,28). The van der Waals surface area contributed by atoms with E-state index in [1.807, 2.05) is 20.8 Å². The first-order chi connectivity index (χ1) is 14.4. The summed E-state index contributed by atoms with van der Waals surface area (Å²) in [5.74, 6) is 0.0495. The predicted molar refractivity (Wildman–Crippen MR) is 116 cm³/mol. The van der Waals surface area contributed by atoms with Gasteiger partial charge < -0.3 is 20.1 Å². The molecule has 0 spiro atoms. The largest absolute Gasteiger partial charge is 0.494 e. The number of carbonyl (C=O) groups excluding carboxylic acids is 3. The Kier molecular flexibility index (Phi) is 8.87. The van der Waals surface area contributed by atoms with Crippen molar-refractivity contribution >= 4 is 29.2 Å². The monoisotopic (exact) mass is 412 g/mol. The molecular weight excluding hydrogens is 384 g/mol. The molecule has 2 N–H and O–H groups in total. The summed E-state index contributed by atoms with van der Waals surface area (Å²) in [6.45, 7) is 6.18. The topological polar surface area (TPSA) is 93.7 Å². The van der Waals surface area contributed by atoms with E-state index >= 15 is 0 Å². The van der Waals surface area contributed by atoms with Crippen molar-refractivity contribution in [2.75, 3.05) is 23.8 Å². The van der Waals surface area contributed by atoms with Gasteiger partial charge in [-0.3, -0.25) is 14.4 Å². The molecule has 0 radical (unpaired) electrons. The normalized spacial score (nSPS) is 10.4. The van der Waals surface area contributed by atoms with Gasteiger partial charge in [-0.1, -0.05) is 13.8 Å². The highest BCUT2D eigenvalue weighted by molar-refractivity contribution is 6.04. The number of ether oxygens (including phenoxy) is 2. The summed E-state index contributed by atoms with van der Waals surface area (Å²) in [6.07, 6.45) is 1.02. The fourth-order valence-corrected chi connectivity index (χ4v) is 2.53. The van der Waals surface area contributed by atoms with Crippen LogP contribution in [-0.4, -0.2) is 31.0 Å². The second-order valence-corrected chi connectivity index (χ2v) is 7.13. The zero-order valence-corrected chi connectivity index (χ0v) is 17.6. The van der Waals surface area contributed by atoms with Gasteiger partial charge in [-0.05, 0) is 67.8 Å². The SMILES string of the molecule is CCOc1ccc(NC(=O)c2ccc(NC(=O)COC(=O)CCC(C)C)cc2)cc1. The summed E-state index contributed by atoms with van der Waals surface area (Å²) in [7, 11) is 0. The van der Waals surface area contributed by atoms with Crippen LogP contribution in [0.4, 0.5) is 11.4 Å². The molecule has 2 amide bonds. The van der Waals surface area contributed by atoms with Crippen LogP contribution in [0.3, 0.4) is 0 Å². The lowest BCUT2D eigenvalue weighted by Crippen LogP contribution is -2.21. The molecule has 0 atom stereocenters. The van der Waals surface area contributed by atoms with Gasteiger partial charge in [0.05, 0.1) is 6.61 Å². The third kappa shape index (κ3) is 7.95. The number of amides is 2. The Bertz CT molecular complexity index is 845. The van der Waals surface area contributed by atoms with E-state index in [-0.39, 0.29) is 18.5 Å². The zero-order chi connectivity index (χ0) is 21.9. The van der Waals surface area contributed by atoms with E-state index in [1.165, 1.54) is 0 Å². The third-order valence-corrected chi connectivity index (χ3v) is 4.14. The van der Waals surface area contributed by atoms with Crippen LogP contribution < -0.4 is 15.4 Å². The Hall–Kier alpha value is -3.35. The van der Waals surface area contributed by atoms with Gasteiger partial charge in [0.2, 0.25) is 0 Å². The number of benzene rings is 2. The van der Waals surface area contributed by atoms with Gasteiger partial charge in [0.25, 0.3) is 11.8 Å². The molecule has 0 aliphatic carbocycles. The number of hydrogen-bond donors (Lipinski definition) is 2. The van der Waals surface area contributed by atoms with E-state index in [1.54, 1.807) is 48.5 Å². The molecule has 0 bridgehead atoms. The molecule has 7 nitrogen and oxygen atoms in total. The number of nitrogens with one attached hydrogen (secondary N) is 2. The van der Waals surface area contributed by atoms with Crippen molar-refractivity contribution in [1.82, 2.24) is 0 Å². The van der Waals surface area contributed by atoms with Crippen molar-refractivity contribution in [1.29, 1.82) is 0 Å². The van der Waals surface area contributed by atoms with Gasteiger partial charge in [-0.25, -0.2) is 0 Å². The maximum Gasteiger partial charge on any atom is 0.306 e. The molecule has 0 aliphatic heterocycles. The van der Waals surface area contributed by atoms with Gasteiger partial charge in [0, 0.05) is 23.4 Å². The Balaban J connectivity index is 1.81. The molecule has 2 rings (SSSR count). The second kappa shape index (κ2) is 11.6. The number of carbonyl (C=O) groups is 3. The van der Waals surface area contributed by atoms with Gasteiger partial charge in [-0.2, -0.15) is 0 Å². The minimum absolute atomic E-state index is 0.267. The van der Waals surface area contributed by atoms with Crippen LogP contribution >= 0.6 is 0 Å². The summed E-state index contributed by atoms with van der Waals surface area (Å²) >= 11 is 0. The highest BCUT2D eigenvalue weighted by Crippen LogP contribution is 2.17. The average Bonchev–Trinajstić information content (AvgIpc) is 2.73. The molecule has 0 saturated carbocycles. The van der Waals surface area contributed by atoms with E-state index in [0.717, 1.165) is 12.2 Å². The summed E-state index contributed by atoms with van der Waals surface area (Å²) in [5.41, 5.74) is 1.61. The summed E-state index contributed by atoms with van der Waals surface area (Å²) in [4.78, 5) is 35.8. The van der Waals surface area contributed by atoms with E-state index in [2.05, 4.69) is 10.6 Å². The van der Waals surface area contributed by atoms with Crippen molar-refractivity contribution in [3.8, 4) is 5.75 Å². The molecule has 0 fully saturated rings. The van der Waals surface area contributed by atoms with Crippen LogP contribution in [0.5, 0.6) is 5.75 Å². The van der Waals surface area contributed by atoms with Crippen molar-refractivity contribution < 1.29 is 23.9 Å². The lowest BCUT2D eigenvalue weighted by atomic mass is 10.1. The molecule has 0 heterocycles. The van der Waals surface area contributed by atoms with Gasteiger partial charge in [0.15, 0.2) is 6.61 Å². The minimum Gasteiger partial charge on any atom is -0.494 e. The van der Waals surface area contributed by atoms with Crippen molar-refractivity contribution in [2.24, 2.45) is 5.92 Å². The molecule has 0 aliphatic rings. The van der Waals surface area contributed by atoms with Gasteiger partial charge in [0.1, 0.15) is 5.75 Å². The first-order valence-corrected chi connectivity index (χ1v) is 9.97. The minimum atomic E-state index is -0.431. The molecule has 0 unspecified atom stereocenters. The molecule has 2 aromatic rings. The quantitative estimate of drug-likeness (QED) is 0.569. The van der Waals surface area contributed by atoms with Crippen molar-refractivity contribution in [2.45, 2.75) is 33.6 Å². The summed E-state index contributed by atoms with van der Waals surface area (Å²) in [5, 5.41) is 5.44. The van der Waals surface area contributed by atoms with Crippen molar-refractivity contribution in [3.63, 3.8) is 0 Å². The maximum absolute atomic E-state index is 12.4. The van der Waals surface area contributed by atoms with Gasteiger partial charge >= 0.3 is 5.97 Å². The molecule has 160 valence electrons. The van der Waals surface area contributed by atoms with Crippen LogP contribution in [-0.2, 0) is 14.3 Å². The number of hydrogen-bond acceptors (Lipinski definition) is 5. The first-order valence-electron chi connectivity index (χ1n) is 9.97. The van der Waals surface area contributed by atoms with E-state index < -0.39 is 5.91 Å². The maximum atomic E-state index is 12.4. The molecule has 0 aromatic heterocycles. The van der Waals surface area contributed by atoms with E-state index in [0.29, 0.717) is 35.9 Å². The fraction of sp³-hybridized carbons (Fsp3) is 0.348. The van der Waals surface area contributed by atoms with Crippen LogP contribution in [0, 0.1) is 5.92 Å². The van der Waals surface area contributed by atoms with Crippen LogP contribution in [0.2, 0.25) is 0 Å². The zero-order valence-electron chi connectivity index (χ0n) is 17.6. The molecular formula is C23H28N2O5. The fourth-order valence-electron chi connectivity index (χ4n) is 2.53. The summed E-state index contributed by atoms with van der Waals surface area (Å²) < 4.78 is 10.3. The molecule has 0 saturated heterocycles. The average molecular weight is 412 g/mol. The van der Waals surface area contributed by atoms with Crippen molar-refractivity contribution in [3.05, 3.63) is 54.1 Å². The highest BCUT2D eigenvalue weighted by Gasteiger charge is 2.10.